The van der Waals surface area contributed by atoms with Gasteiger partial charge in [0.2, 0.25) is 0 Å². The number of aliphatic carboxylic acids is 1. The zero-order valence-electron chi connectivity index (χ0n) is 12.3. The summed E-state index contributed by atoms with van der Waals surface area (Å²) < 4.78 is 4.98. The lowest BCUT2D eigenvalue weighted by Gasteiger charge is -2.36. The molecular formula is C14H21N3O4. The monoisotopic (exact) mass is 295 g/mol. The van der Waals surface area contributed by atoms with Crippen LogP contribution in [0.5, 0.6) is 0 Å². The zero-order valence-corrected chi connectivity index (χ0v) is 12.3. The van der Waals surface area contributed by atoms with E-state index in [-0.39, 0.29) is 6.54 Å². The molecule has 2 amide bonds. The van der Waals surface area contributed by atoms with Gasteiger partial charge in [0.1, 0.15) is 5.54 Å². The summed E-state index contributed by atoms with van der Waals surface area (Å²) in [5.41, 5.74) is -0.427. The minimum Gasteiger partial charge on any atom is -0.480 e. The predicted octanol–water partition coefficient (Wildman–Crippen LogP) is 1.82. The summed E-state index contributed by atoms with van der Waals surface area (Å²) in [7, 11) is 0. The second-order valence-corrected chi connectivity index (χ2v) is 5.81. The molecule has 1 aromatic rings. The molecule has 0 aliphatic heterocycles. The average molecular weight is 295 g/mol. The highest BCUT2D eigenvalue weighted by Gasteiger charge is 2.42. The first-order chi connectivity index (χ1) is 9.91. The highest BCUT2D eigenvalue weighted by Crippen LogP contribution is 2.32. The molecule has 7 heteroatoms. The van der Waals surface area contributed by atoms with Crippen LogP contribution in [0.2, 0.25) is 0 Å². The van der Waals surface area contributed by atoms with E-state index in [9.17, 15) is 14.7 Å². The number of aromatic nitrogens is 1. The molecule has 0 unspecified atom stereocenters. The Kier molecular flexibility index (Phi) is 4.50. The van der Waals surface area contributed by atoms with E-state index < -0.39 is 17.5 Å². The van der Waals surface area contributed by atoms with E-state index in [0.717, 1.165) is 18.5 Å². The summed E-state index contributed by atoms with van der Waals surface area (Å²) >= 11 is 0. The molecule has 1 aliphatic rings. The number of nitrogens with one attached hydrogen (secondary N) is 2. The number of hydrogen-bond donors (Lipinski definition) is 3. The summed E-state index contributed by atoms with van der Waals surface area (Å²) in [6, 6.07) is 1.22. The van der Waals surface area contributed by atoms with Crippen LogP contribution < -0.4 is 10.6 Å². The third-order valence-electron chi connectivity index (χ3n) is 3.99. The first-order valence-electron chi connectivity index (χ1n) is 7.13. The fraction of sp³-hybridized carbons (Fsp3) is 0.643. The van der Waals surface area contributed by atoms with E-state index in [2.05, 4.69) is 22.7 Å². The maximum absolute atomic E-state index is 11.9. The van der Waals surface area contributed by atoms with Crippen molar-refractivity contribution in [3.63, 3.8) is 0 Å². The Morgan fingerprint density at radius 1 is 1.48 bits per heavy atom. The maximum atomic E-state index is 11.9. The summed E-state index contributed by atoms with van der Waals surface area (Å²) in [5.74, 6) is 0.0591. The van der Waals surface area contributed by atoms with Crippen molar-refractivity contribution in [2.45, 2.75) is 51.6 Å². The minimum absolute atomic E-state index is 0.179. The van der Waals surface area contributed by atoms with Crippen LogP contribution >= 0.6 is 0 Å². The molecule has 0 saturated heterocycles. The van der Waals surface area contributed by atoms with Gasteiger partial charge in [-0.1, -0.05) is 12.1 Å². The van der Waals surface area contributed by atoms with Crippen LogP contribution in [-0.2, 0) is 11.3 Å². The van der Waals surface area contributed by atoms with Gasteiger partial charge in [-0.15, -0.1) is 0 Å². The molecule has 0 spiro atoms. The quantitative estimate of drug-likeness (QED) is 0.786. The molecule has 21 heavy (non-hydrogen) atoms. The van der Waals surface area contributed by atoms with Gasteiger partial charge in [0.15, 0.2) is 5.76 Å². The summed E-state index contributed by atoms with van der Waals surface area (Å²) in [4.78, 5) is 23.5. The van der Waals surface area contributed by atoms with Gasteiger partial charge in [0, 0.05) is 6.07 Å². The number of rotatable bonds is 4. The van der Waals surface area contributed by atoms with Gasteiger partial charge in [0.05, 0.1) is 12.2 Å². The molecule has 0 atom stereocenters. The van der Waals surface area contributed by atoms with E-state index in [0.29, 0.717) is 24.5 Å². The van der Waals surface area contributed by atoms with E-state index in [1.54, 1.807) is 13.0 Å². The van der Waals surface area contributed by atoms with Gasteiger partial charge in [-0.05, 0) is 38.5 Å². The number of hydrogen-bond acceptors (Lipinski definition) is 4. The molecule has 0 aromatic carbocycles. The normalized spacial score (nSPS) is 25.3. The van der Waals surface area contributed by atoms with Crippen LogP contribution in [0.1, 0.15) is 44.1 Å². The molecule has 0 radical (unpaired) electrons. The van der Waals surface area contributed by atoms with Crippen molar-refractivity contribution >= 4 is 12.0 Å². The Balaban J connectivity index is 1.91. The summed E-state index contributed by atoms with van der Waals surface area (Å²) in [6.07, 6.45) is 2.51. The third kappa shape index (κ3) is 3.74. The maximum Gasteiger partial charge on any atom is 0.329 e. The van der Waals surface area contributed by atoms with Crippen molar-refractivity contribution in [2.75, 3.05) is 0 Å². The number of urea groups is 1. The van der Waals surface area contributed by atoms with Crippen molar-refractivity contribution in [3.05, 3.63) is 17.5 Å². The molecule has 1 aliphatic carbocycles. The molecule has 2 rings (SSSR count). The van der Waals surface area contributed by atoms with E-state index in [1.807, 2.05) is 0 Å². The largest absolute Gasteiger partial charge is 0.480 e. The Hall–Kier alpha value is -2.05. The number of aryl methyl sites for hydroxylation is 1. The van der Waals surface area contributed by atoms with Gasteiger partial charge < -0.3 is 20.3 Å². The number of carboxylic acids is 1. The highest BCUT2D eigenvalue weighted by atomic mass is 16.5. The number of carbonyl (C=O) groups is 2. The topological polar surface area (TPSA) is 104 Å². The lowest BCUT2D eigenvalue weighted by Crippen LogP contribution is -2.58. The fourth-order valence-electron chi connectivity index (χ4n) is 2.58. The van der Waals surface area contributed by atoms with Crippen LogP contribution in [-0.4, -0.2) is 27.8 Å². The zero-order chi connectivity index (χ0) is 15.5. The average Bonchev–Trinajstić information content (AvgIpc) is 2.85. The molecule has 1 saturated carbocycles. The van der Waals surface area contributed by atoms with E-state index in [1.165, 1.54) is 0 Å². The van der Waals surface area contributed by atoms with Crippen LogP contribution in [0.15, 0.2) is 10.6 Å². The minimum atomic E-state index is -1.16. The summed E-state index contributed by atoms with van der Waals surface area (Å²) in [6.45, 7) is 4.06. The Morgan fingerprint density at radius 2 is 2.14 bits per heavy atom. The standard InChI is InChI=1S/C14H21N3O4/c1-9-3-5-14(6-4-9,12(18)19)16-13(20)15-8-11-7-10(2)17-21-11/h7,9H,3-6,8H2,1-2H3,(H,18,19)(H2,15,16,20). The number of amides is 2. The Labute approximate surface area is 123 Å². The van der Waals surface area contributed by atoms with Crippen molar-refractivity contribution in [1.29, 1.82) is 0 Å². The van der Waals surface area contributed by atoms with E-state index >= 15 is 0 Å². The molecule has 1 aromatic heterocycles. The molecule has 3 N–H and O–H groups in total. The van der Waals surface area contributed by atoms with Crippen LogP contribution in [0, 0.1) is 12.8 Å². The van der Waals surface area contributed by atoms with Crippen molar-refractivity contribution in [3.8, 4) is 0 Å². The molecule has 116 valence electrons. The van der Waals surface area contributed by atoms with Crippen LogP contribution in [0.3, 0.4) is 0 Å². The van der Waals surface area contributed by atoms with Crippen molar-refractivity contribution in [1.82, 2.24) is 15.8 Å². The lowest BCUT2D eigenvalue weighted by molar-refractivity contribution is -0.146. The van der Waals surface area contributed by atoms with E-state index in [4.69, 9.17) is 4.52 Å². The van der Waals surface area contributed by atoms with Gasteiger partial charge in [-0.2, -0.15) is 0 Å². The van der Waals surface area contributed by atoms with Crippen molar-refractivity contribution in [2.24, 2.45) is 5.92 Å². The Bertz CT molecular complexity index is 518. The van der Waals surface area contributed by atoms with Crippen LogP contribution in [0.4, 0.5) is 4.79 Å². The second-order valence-electron chi connectivity index (χ2n) is 5.81. The summed E-state index contributed by atoms with van der Waals surface area (Å²) in [5, 5.41) is 18.4. The van der Waals surface area contributed by atoms with Gasteiger partial charge >= 0.3 is 12.0 Å². The van der Waals surface area contributed by atoms with Crippen molar-refractivity contribution < 1.29 is 19.2 Å². The van der Waals surface area contributed by atoms with Gasteiger partial charge in [-0.25, -0.2) is 9.59 Å². The molecule has 1 fully saturated rings. The first-order valence-corrected chi connectivity index (χ1v) is 7.13. The molecular weight excluding hydrogens is 274 g/mol. The number of carboxylic acid groups (broad SMARTS) is 1. The smallest absolute Gasteiger partial charge is 0.329 e. The van der Waals surface area contributed by atoms with Crippen LogP contribution in [0.25, 0.3) is 0 Å². The Morgan fingerprint density at radius 3 is 2.67 bits per heavy atom. The molecule has 1 heterocycles. The lowest BCUT2D eigenvalue weighted by atomic mass is 9.77. The fourth-order valence-corrected chi connectivity index (χ4v) is 2.58. The number of nitrogens with zero attached hydrogens (tertiary/aromatic N) is 1. The first kappa shape index (κ1) is 15.3. The SMILES string of the molecule is Cc1cc(CNC(=O)NC2(C(=O)O)CCC(C)CC2)on1. The molecule has 7 nitrogen and oxygen atoms in total. The van der Waals surface area contributed by atoms with Gasteiger partial charge in [-0.3, -0.25) is 0 Å². The predicted molar refractivity (Wildman–Crippen MR) is 74.6 cm³/mol. The number of carbonyl (C=O) groups excluding carboxylic acids is 1. The molecule has 0 bridgehead atoms. The van der Waals surface area contributed by atoms with Gasteiger partial charge in [0.25, 0.3) is 0 Å². The third-order valence-corrected chi connectivity index (χ3v) is 3.99. The second kappa shape index (κ2) is 6.15. The highest BCUT2D eigenvalue weighted by molar-refractivity contribution is 5.86.